The lowest BCUT2D eigenvalue weighted by Gasteiger charge is -2.28. The molecule has 2 nitrogen and oxygen atoms in total. The SMILES string of the molecule is CCC(O)(Cc1cc(Br)cc2c1OCC2)c1ccccc1. The van der Waals surface area contributed by atoms with Crippen LogP contribution in [0.15, 0.2) is 46.9 Å². The average Bonchev–Trinajstić information content (AvgIpc) is 2.96. The van der Waals surface area contributed by atoms with Crippen LogP contribution in [0.5, 0.6) is 5.75 Å². The second-order valence-corrected chi connectivity index (χ2v) is 6.50. The Kier molecular flexibility index (Phi) is 4.05. The minimum absolute atomic E-state index is 0.565. The highest BCUT2D eigenvalue weighted by Gasteiger charge is 2.30. The van der Waals surface area contributed by atoms with Gasteiger partial charge in [0.25, 0.3) is 0 Å². The van der Waals surface area contributed by atoms with Crippen molar-refractivity contribution in [2.75, 3.05) is 6.61 Å². The van der Waals surface area contributed by atoms with E-state index in [1.807, 2.05) is 37.3 Å². The number of hydrogen-bond donors (Lipinski definition) is 1. The van der Waals surface area contributed by atoms with Gasteiger partial charge in [-0.1, -0.05) is 53.2 Å². The van der Waals surface area contributed by atoms with Crippen LogP contribution in [0.4, 0.5) is 0 Å². The molecule has 0 radical (unpaired) electrons. The number of rotatable bonds is 4. The number of hydrogen-bond acceptors (Lipinski definition) is 2. The zero-order valence-electron chi connectivity index (χ0n) is 12.1. The Morgan fingerprint density at radius 1 is 1.24 bits per heavy atom. The normalized spacial score (nSPS) is 16.1. The van der Waals surface area contributed by atoms with Gasteiger partial charge in [0.1, 0.15) is 5.75 Å². The lowest BCUT2D eigenvalue weighted by molar-refractivity contribution is 0.0321. The zero-order valence-corrected chi connectivity index (χ0v) is 13.7. The maximum atomic E-state index is 11.1. The van der Waals surface area contributed by atoms with Crippen molar-refractivity contribution in [3.8, 4) is 5.75 Å². The summed E-state index contributed by atoms with van der Waals surface area (Å²) >= 11 is 3.56. The maximum Gasteiger partial charge on any atom is 0.126 e. The molecule has 0 bridgehead atoms. The summed E-state index contributed by atoms with van der Waals surface area (Å²) in [6, 6.07) is 14.1. The van der Waals surface area contributed by atoms with E-state index in [4.69, 9.17) is 4.74 Å². The minimum Gasteiger partial charge on any atom is -0.493 e. The molecule has 1 aliphatic heterocycles. The fourth-order valence-electron chi connectivity index (χ4n) is 2.97. The standard InChI is InChI=1S/C18H19BrO2/c1-2-18(20,15-6-4-3-5-7-15)12-14-11-16(19)10-13-8-9-21-17(13)14/h3-7,10-11,20H,2,8-9,12H2,1H3. The Morgan fingerprint density at radius 3 is 2.71 bits per heavy atom. The number of halogens is 1. The quantitative estimate of drug-likeness (QED) is 0.897. The topological polar surface area (TPSA) is 29.5 Å². The van der Waals surface area contributed by atoms with Gasteiger partial charge in [0.15, 0.2) is 0 Å². The van der Waals surface area contributed by atoms with Crippen LogP contribution >= 0.6 is 15.9 Å². The van der Waals surface area contributed by atoms with E-state index < -0.39 is 5.60 Å². The van der Waals surface area contributed by atoms with E-state index in [-0.39, 0.29) is 0 Å². The van der Waals surface area contributed by atoms with Crippen molar-refractivity contribution in [2.45, 2.75) is 31.8 Å². The van der Waals surface area contributed by atoms with Crippen molar-refractivity contribution in [3.63, 3.8) is 0 Å². The highest BCUT2D eigenvalue weighted by atomic mass is 79.9. The zero-order chi connectivity index (χ0) is 14.9. The monoisotopic (exact) mass is 346 g/mol. The molecule has 21 heavy (non-hydrogen) atoms. The van der Waals surface area contributed by atoms with Crippen LogP contribution in [0.1, 0.15) is 30.0 Å². The summed E-state index contributed by atoms with van der Waals surface area (Å²) in [5, 5.41) is 11.1. The van der Waals surface area contributed by atoms with Gasteiger partial charge in [-0.15, -0.1) is 0 Å². The van der Waals surface area contributed by atoms with Crippen LogP contribution in [-0.2, 0) is 18.4 Å². The number of ether oxygens (including phenoxy) is 1. The third-order valence-electron chi connectivity index (χ3n) is 4.20. The fraction of sp³-hybridized carbons (Fsp3) is 0.333. The maximum absolute atomic E-state index is 11.1. The van der Waals surface area contributed by atoms with Crippen LogP contribution in [0.3, 0.4) is 0 Å². The third-order valence-corrected chi connectivity index (χ3v) is 4.66. The molecule has 0 saturated carbocycles. The fourth-order valence-corrected chi connectivity index (χ4v) is 3.52. The van der Waals surface area contributed by atoms with E-state index >= 15 is 0 Å². The molecule has 0 aromatic heterocycles. The van der Waals surface area contributed by atoms with Gasteiger partial charge in [0, 0.05) is 17.3 Å². The highest BCUT2D eigenvalue weighted by molar-refractivity contribution is 9.10. The van der Waals surface area contributed by atoms with E-state index in [0.29, 0.717) is 12.8 Å². The van der Waals surface area contributed by atoms with Gasteiger partial charge in [-0.25, -0.2) is 0 Å². The van der Waals surface area contributed by atoms with E-state index in [1.165, 1.54) is 5.56 Å². The number of fused-ring (bicyclic) bond motifs is 1. The molecule has 2 aromatic carbocycles. The van der Waals surface area contributed by atoms with Crippen LogP contribution in [0, 0.1) is 0 Å². The molecule has 1 N–H and O–H groups in total. The Labute approximate surface area is 133 Å². The molecule has 0 fully saturated rings. The molecule has 0 saturated heterocycles. The van der Waals surface area contributed by atoms with Crippen molar-refractivity contribution in [3.05, 3.63) is 63.6 Å². The van der Waals surface area contributed by atoms with Crippen molar-refractivity contribution in [1.29, 1.82) is 0 Å². The van der Waals surface area contributed by atoms with Gasteiger partial charge in [-0.05, 0) is 35.2 Å². The van der Waals surface area contributed by atoms with Gasteiger partial charge < -0.3 is 9.84 Å². The Morgan fingerprint density at radius 2 is 2.00 bits per heavy atom. The summed E-state index contributed by atoms with van der Waals surface area (Å²) in [7, 11) is 0. The molecule has 2 aromatic rings. The van der Waals surface area contributed by atoms with Crippen molar-refractivity contribution < 1.29 is 9.84 Å². The third kappa shape index (κ3) is 2.85. The summed E-state index contributed by atoms with van der Waals surface area (Å²) in [6.07, 6.45) is 2.17. The molecular formula is C18H19BrO2. The van der Waals surface area contributed by atoms with Crippen LogP contribution in [0.25, 0.3) is 0 Å². The first-order valence-electron chi connectivity index (χ1n) is 7.34. The second-order valence-electron chi connectivity index (χ2n) is 5.58. The smallest absolute Gasteiger partial charge is 0.126 e. The lowest BCUT2D eigenvalue weighted by atomic mass is 9.84. The van der Waals surface area contributed by atoms with Crippen LogP contribution in [-0.4, -0.2) is 11.7 Å². The molecule has 0 spiro atoms. The summed E-state index contributed by atoms with van der Waals surface area (Å²) in [4.78, 5) is 0. The molecule has 1 atom stereocenters. The van der Waals surface area contributed by atoms with Crippen molar-refractivity contribution in [1.82, 2.24) is 0 Å². The second kappa shape index (κ2) is 5.82. The Bertz CT molecular complexity index is 639. The van der Waals surface area contributed by atoms with Gasteiger partial charge in [0.05, 0.1) is 12.2 Å². The van der Waals surface area contributed by atoms with Crippen molar-refractivity contribution in [2.24, 2.45) is 0 Å². The molecule has 3 rings (SSSR count). The average molecular weight is 347 g/mol. The number of aliphatic hydroxyl groups is 1. The molecule has 1 aliphatic rings. The summed E-state index contributed by atoms with van der Waals surface area (Å²) in [5.41, 5.74) is 2.40. The lowest BCUT2D eigenvalue weighted by Crippen LogP contribution is -2.27. The van der Waals surface area contributed by atoms with Crippen LogP contribution < -0.4 is 4.74 Å². The first-order valence-corrected chi connectivity index (χ1v) is 8.14. The molecular weight excluding hydrogens is 328 g/mol. The van der Waals surface area contributed by atoms with Gasteiger partial charge >= 0.3 is 0 Å². The molecule has 3 heteroatoms. The van der Waals surface area contributed by atoms with Crippen molar-refractivity contribution >= 4 is 15.9 Å². The van der Waals surface area contributed by atoms with Crippen LogP contribution in [0.2, 0.25) is 0 Å². The summed E-state index contributed by atoms with van der Waals surface area (Å²) in [6.45, 7) is 2.75. The first-order chi connectivity index (χ1) is 10.1. The predicted molar refractivity (Wildman–Crippen MR) is 87.7 cm³/mol. The van der Waals surface area contributed by atoms with E-state index in [1.54, 1.807) is 0 Å². The largest absolute Gasteiger partial charge is 0.493 e. The van der Waals surface area contributed by atoms with E-state index in [2.05, 4.69) is 28.1 Å². The van der Waals surface area contributed by atoms with Gasteiger partial charge in [0.2, 0.25) is 0 Å². The highest BCUT2D eigenvalue weighted by Crippen LogP contribution is 2.38. The Balaban J connectivity index is 1.99. The van der Waals surface area contributed by atoms with Gasteiger partial charge in [-0.3, -0.25) is 0 Å². The van der Waals surface area contributed by atoms with E-state index in [0.717, 1.165) is 34.4 Å². The molecule has 0 amide bonds. The molecule has 0 aliphatic carbocycles. The molecule has 110 valence electrons. The van der Waals surface area contributed by atoms with E-state index in [9.17, 15) is 5.11 Å². The molecule has 1 heterocycles. The predicted octanol–water partition coefficient (Wildman–Crippen LogP) is 4.22. The summed E-state index contributed by atoms with van der Waals surface area (Å²) < 4.78 is 6.83. The summed E-state index contributed by atoms with van der Waals surface area (Å²) in [5.74, 6) is 0.959. The number of benzene rings is 2. The molecule has 1 unspecified atom stereocenters. The first kappa shape index (κ1) is 14.6. The van der Waals surface area contributed by atoms with Gasteiger partial charge in [-0.2, -0.15) is 0 Å². The minimum atomic E-state index is -0.859. The Hall–Kier alpha value is -1.32.